The van der Waals surface area contributed by atoms with E-state index in [1.807, 2.05) is 23.7 Å². The standard InChI is InChI=1S/C26H34N4OS/c1-31-24-14-6-5-12-22(24)20-29-23-13-9-18-30(25(23)21-10-3-2-4-11-21)17-8-7-15-27-26-28-16-19-32-26/h2-6,10-12,14,16,19,23,25,29H,7-9,13,15,17-18,20H2,1H3,(H,27,28). The van der Waals surface area contributed by atoms with Crippen molar-refractivity contribution < 1.29 is 4.74 Å². The largest absolute Gasteiger partial charge is 0.496 e. The average molecular weight is 451 g/mol. The number of aromatic nitrogens is 1. The van der Waals surface area contributed by atoms with Gasteiger partial charge in [0.05, 0.1) is 13.2 Å². The zero-order chi connectivity index (χ0) is 22.0. The average Bonchev–Trinajstić information content (AvgIpc) is 3.37. The van der Waals surface area contributed by atoms with Crippen LogP contribution in [-0.4, -0.2) is 42.7 Å². The fraction of sp³-hybridized carbons (Fsp3) is 0.423. The topological polar surface area (TPSA) is 49.4 Å². The lowest BCUT2D eigenvalue weighted by molar-refractivity contribution is 0.109. The van der Waals surface area contributed by atoms with Crippen molar-refractivity contribution in [3.05, 3.63) is 77.3 Å². The Balaban J connectivity index is 1.38. The highest BCUT2D eigenvalue weighted by atomic mass is 32.1. The van der Waals surface area contributed by atoms with E-state index in [1.54, 1.807) is 18.4 Å². The smallest absolute Gasteiger partial charge is 0.182 e. The van der Waals surface area contributed by atoms with Gasteiger partial charge in [0, 0.05) is 36.3 Å². The number of nitrogens with zero attached hydrogens (tertiary/aromatic N) is 2. The Kier molecular flexibility index (Phi) is 8.54. The summed E-state index contributed by atoms with van der Waals surface area (Å²) in [6.45, 7) is 4.08. The summed E-state index contributed by atoms with van der Waals surface area (Å²) >= 11 is 1.66. The molecule has 0 spiro atoms. The van der Waals surface area contributed by atoms with Gasteiger partial charge in [-0.25, -0.2) is 4.98 Å². The van der Waals surface area contributed by atoms with E-state index in [2.05, 4.69) is 63.0 Å². The van der Waals surface area contributed by atoms with Gasteiger partial charge in [0.25, 0.3) is 0 Å². The van der Waals surface area contributed by atoms with Crippen LogP contribution in [0.3, 0.4) is 0 Å². The van der Waals surface area contributed by atoms with Gasteiger partial charge in [0.2, 0.25) is 0 Å². The maximum absolute atomic E-state index is 5.56. The molecule has 2 aromatic carbocycles. The molecule has 1 aliphatic rings. The van der Waals surface area contributed by atoms with Crippen molar-refractivity contribution in [2.45, 2.75) is 44.3 Å². The van der Waals surface area contributed by atoms with Crippen molar-refractivity contribution in [2.75, 3.05) is 32.1 Å². The van der Waals surface area contributed by atoms with Gasteiger partial charge < -0.3 is 15.4 Å². The highest BCUT2D eigenvalue weighted by molar-refractivity contribution is 7.13. The van der Waals surface area contributed by atoms with Gasteiger partial charge in [-0.3, -0.25) is 4.90 Å². The molecular formula is C26H34N4OS. The fourth-order valence-electron chi connectivity index (χ4n) is 4.66. The number of para-hydroxylation sites is 1. The van der Waals surface area contributed by atoms with Crippen LogP contribution >= 0.6 is 11.3 Å². The molecule has 4 rings (SSSR count). The first-order chi connectivity index (χ1) is 15.8. The second kappa shape index (κ2) is 12.0. The van der Waals surface area contributed by atoms with E-state index < -0.39 is 0 Å². The zero-order valence-electron chi connectivity index (χ0n) is 18.9. The molecule has 2 heterocycles. The second-order valence-corrected chi connectivity index (χ2v) is 9.20. The third-order valence-corrected chi connectivity index (χ3v) is 6.93. The Morgan fingerprint density at radius 2 is 1.94 bits per heavy atom. The Hall–Kier alpha value is -2.41. The molecular weight excluding hydrogens is 416 g/mol. The number of piperidine rings is 1. The molecule has 1 saturated heterocycles. The van der Waals surface area contributed by atoms with Gasteiger partial charge in [-0.05, 0) is 50.4 Å². The van der Waals surface area contributed by atoms with Crippen LogP contribution in [0.1, 0.15) is 42.9 Å². The first-order valence-electron chi connectivity index (χ1n) is 11.6. The molecule has 170 valence electrons. The van der Waals surface area contributed by atoms with Crippen molar-refractivity contribution in [3.8, 4) is 5.75 Å². The van der Waals surface area contributed by atoms with Gasteiger partial charge >= 0.3 is 0 Å². The number of nitrogens with one attached hydrogen (secondary N) is 2. The maximum Gasteiger partial charge on any atom is 0.182 e. The van der Waals surface area contributed by atoms with E-state index in [1.165, 1.54) is 30.4 Å². The lowest BCUT2D eigenvalue weighted by atomic mass is 9.89. The number of hydrogen-bond donors (Lipinski definition) is 2. The summed E-state index contributed by atoms with van der Waals surface area (Å²) in [5, 5.41) is 10.3. The molecule has 0 saturated carbocycles. The van der Waals surface area contributed by atoms with Crippen LogP contribution in [0, 0.1) is 0 Å². The van der Waals surface area contributed by atoms with Crippen molar-refractivity contribution in [1.82, 2.24) is 15.2 Å². The van der Waals surface area contributed by atoms with Crippen LogP contribution in [0.25, 0.3) is 0 Å². The van der Waals surface area contributed by atoms with Gasteiger partial charge in [-0.2, -0.15) is 0 Å². The molecule has 1 fully saturated rings. The van der Waals surface area contributed by atoms with Crippen molar-refractivity contribution in [2.24, 2.45) is 0 Å². The normalized spacial score (nSPS) is 19.0. The summed E-state index contributed by atoms with van der Waals surface area (Å²) in [5.74, 6) is 0.955. The van der Waals surface area contributed by atoms with Crippen LogP contribution < -0.4 is 15.4 Å². The molecule has 2 unspecified atom stereocenters. The third-order valence-electron chi connectivity index (χ3n) is 6.20. The number of methoxy groups -OCH3 is 1. The lowest BCUT2D eigenvalue weighted by Crippen LogP contribution is -2.48. The first-order valence-corrected chi connectivity index (χ1v) is 12.5. The molecule has 0 bridgehead atoms. The summed E-state index contributed by atoms with van der Waals surface area (Å²) in [4.78, 5) is 6.99. The molecule has 1 aliphatic heterocycles. The molecule has 6 heteroatoms. The molecule has 2 atom stereocenters. The number of anilines is 1. The summed E-state index contributed by atoms with van der Waals surface area (Å²) < 4.78 is 5.56. The molecule has 2 N–H and O–H groups in total. The SMILES string of the molecule is COc1ccccc1CNC1CCCN(CCCCNc2nccs2)C1c1ccccc1. The lowest BCUT2D eigenvalue weighted by Gasteiger charge is -2.42. The first kappa shape index (κ1) is 22.8. The number of ether oxygens (including phenoxy) is 1. The van der Waals surface area contributed by atoms with Crippen molar-refractivity contribution in [1.29, 1.82) is 0 Å². The predicted octanol–water partition coefficient (Wildman–Crippen LogP) is 5.34. The quantitative estimate of drug-likeness (QED) is 0.386. The van der Waals surface area contributed by atoms with Crippen molar-refractivity contribution >= 4 is 16.5 Å². The highest BCUT2D eigenvalue weighted by Gasteiger charge is 2.32. The summed E-state index contributed by atoms with van der Waals surface area (Å²) in [6, 6.07) is 20.1. The Bertz CT molecular complexity index is 919. The van der Waals surface area contributed by atoms with E-state index in [0.29, 0.717) is 12.1 Å². The predicted molar refractivity (Wildman–Crippen MR) is 133 cm³/mol. The zero-order valence-corrected chi connectivity index (χ0v) is 19.7. The minimum Gasteiger partial charge on any atom is -0.496 e. The third kappa shape index (κ3) is 6.09. The maximum atomic E-state index is 5.56. The molecule has 32 heavy (non-hydrogen) atoms. The monoisotopic (exact) mass is 450 g/mol. The highest BCUT2D eigenvalue weighted by Crippen LogP contribution is 2.32. The molecule has 5 nitrogen and oxygen atoms in total. The number of benzene rings is 2. The van der Waals surface area contributed by atoms with Crippen LogP contribution in [0.15, 0.2) is 66.2 Å². The van der Waals surface area contributed by atoms with Gasteiger partial charge in [-0.15, -0.1) is 11.3 Å². The minimum atomic E-state index is 0.395. The Morgan fingerprint density at radius 1 is 1.09 bits per heavy atom. The Labute approximate surface area is 195 Å². The van der Waals surface area contributed by atoms with Crippen LogP contribution in [0.2, 0.25) is 0 Å². The van der Waals surface area contributed by atoms with E-state index in [0.717, 1.165) is 43.5 Å². The number of rotatable bonds is 11. The number of unbranched alkanes of at least 4 members (excludes halogenated alkanes) is 1. The van der Waals surface area contributed by atoms with Crippen molar-refractivity contribution in [3.63, 3.8) is 0 Å². The summed E-state index contributed by atoms with van der Waals surface area (Å²) in [6.07, 6.45) is 6.60. The number of likely N-dealkylation sites (tertiary alicyclic amines) is 1. The minimum absolute atomic E-state index is 0.395. The summed E-state index contributed by atoms with van der Waals surface area (Å²) in [5.41, 5.74) is 2.62. The number of thiazole rings is 1. The van der Waals surface area contributed by atoms with E-state index in [9.17, 15) is 0 Å². The molecule has 1 aromatic heterocycles. The second-order valence-electron chi connectivity index (χ2n) is 8.30. The molecule has 0 amide bonds. The fourth-order valence-corrected chi connectivity index (χ4v) is 5.22. The van der Waals surface area contributed by atoms with Crippen LogP contribution in [0.5, 0.6) is 5.75 Å². The van der Waals surface area contributed by atoms with Gasteiger partial charge in [0.15, 0.2) is 5.13 Å². The van der Waals surface area contributed by atoms with E-state index in [4.69, 9.17) is 4.74 Å². The van der Waals surface area contributed by atoms with Crippen LogP contribution in [-0.2, 0) is 6.54 Å². The molecule has 0 radical (unpaired) electrons. The Morgan fingerprint density at radius 3 is 2.75 bits per heavy atom. The van der Waals surface area contributed by atoms with Gasteiger partial charge in [0.1, 0.15) is 5.75 Å². The van der Waals surface area contributed by atoms with Crippen LogP contribution in [0.4, 0.5) is 5.13 Å². The van der Waals surface area contributed by atoms with Gasteiger partial charge in [-0.1, -0.05) is 48.5 Å². The molecule has 3 aromatic rings. The van der Waals surface area contributed by atoms with E-state index >= 15 is 0 Å². The summed E-state index contributed by atoms with van der Waals surface area (Å²) in [7, 11) is 1.75. The number of hydrogen-bond acceptors (Lipinski definition) is 6. The molecule has 0 aliphatic carbocycles. The van der Waals surface area contributed by atoms with E-state index in [-0.39, 0.29) is 0 Å².